The van der Waals surface area contributed by atoms with E-state index < -0.39 is 57.1 Å². The molecule has 0 saturated heterocycles. The van der Waals surface area contributed by atoms with Gasteiger partial charge in [-0.2, -0.15) is 26.0 Å². The van der Waals surface area contributed by atoms with Crippen molar-refractivity contribution in [3.63, 3.8) is 0 Å². The summed E-state index contributed by atoms with van der Waals surface area (Å²) in [5.74, 6) is -1.05. The van der Waals surface area contributed by atoms with Gasteiger partial charge in [0.1, 0.15) is 5.75 Å². The molecule has 2 N–H and O–H groups in total. The van der Waals surface area contributed by atoms with Crippen molar-refractivity contribution in [2.24, 2.45) is 0 Å². The van der Waals surface area contributed by atoms with Gasteiger partial charge in [-0.1, -0.05) is 27.3 Å². The van der Waals surface area contributed by atoms with Crippen molar-refractivity contribution in [2.45, 2.75) is 21.2 Å². The summed E-state index contributed by atoms with van der Waals surface area (Å²) in [6.45, 7) is 0. The number of nitrogens with one attached hydrogen (secondary N) is 1. The molecule has 0 radical (unpaired) electrons. The fourth-order valence-corrected chi connectivity index (χ4v) is 5.78. The van der Waals surface area contributed by atoms with Gasteiger partial charge in [0.15, 0.2) is 0 Å². The molecule has 0 saturated carbocycles. The Morgan fingerprint density at radius 1 is 0.812 bits per heavy atom. The highest BCUT2D eigenvalue weighted by Gasteiger charge is 2.69. The van der Waals surface area contributed by atoms with Gasteiger partial charge < -0.3 is 4.74 Å². The van der Waals surface area contributed by atoms with Crippen LogP contribution in [0.15, 0.2) is 52.3 Å². The number of halogens is 6. The molecular weight excluding hydrogens is 553 g/mol. The first-order valence-electron chi connectivity index (χ1n) is 7.55. The summed E-state index contributed by atoms with van der Waals surface area (Å²) in [5, 5.41) is -6.77. The number of alkyl halides is 4. The molecule has 2 aromatic carbocycles. The van der Waals surface area contributed by atoms with E-state index in [0.717, 1.165) is 6.07 Å². The Balaban J connectivity index is 2.37. The number of benzene rings is 2. The molecule has 18 heteroatoms. The average molecular weight is 562 g/mol. The molecule has 9 nitrogen and oxygen atoms in total. The highest BCUT2D eigenvalue weighted by Crippen LogP contribution is 2.41. The van der Waals surface area contributed by atoms with Crippen LogP contribution in [0.4, 0.5) is 17.6 Å². The van der Waals surface area contributed by atoms with E-state index in [0.29, 0.717) is 40.5 Å². The maximum absolute atomic E-state index is 14.2. The molecule has 0 aliphatic rings. The predicted molar refractivity (Wildman–Crippen MR) is 102 cm³/mol. The number of hydrogen-bond acceptors (Lipinski definition) is 7. The van der Waals surface area contributed by atoms with Crippen LogP contribution in [0.5, 0.6) is 5.75 Å². The highest BCUT2D eigenvalue weighted by molar-refractivity contribution is 8.05. The zero-order chi connectivity index (χ0) is 24.8. The third-order valence-corrected chi connectivity index (χ3v) is 8.27. The molecule has 0 aliphatic carbocycles. The number of rotatable bonds is 8. The predicted octanol–water partition coefficient (Wildman–Crippen LogP) is 3.11. The quantitative estimate of drug-likeness (QED) is 0.369. The zero-order valence-corrected chi connectivity index (χ0v) is 18.8. The standard InChI is InChI=1S/C14H9Cl2F4NO8S3/c15-8-5-9(16)7-10(6-8)29-13(17,18)14(19,20)32(27,28)21-30(22,23)11-1-3-12(4-2-11)31(24,25)26/h1-7,21H,(H,24,25,26). The Morgan fingerprint density at radius 2 is 1.25 bits per heavy atom. The molecule has 0 bridgehead atoms. The Bertz CT molecular complexity index is 1330. The van der Waals surface area contributed by atoms with E-state index in [1.807, 2.05) is 0 Å². The van der Waals surface area contributed by atoms with Crippen molar-refractivity contribution in [2.75, 3.05) is 0 Å². The van der Waals surface area contributed by atoms with Gasteiger partial charge in [0.2, 0.25) is 0 Å². The van der Waals surface area contributed by atoms with Crippen LogP contribution in [0.1, 0.15) is 0 Å². The first kappa shape index (κ1) is 26.6. The minimum atomic E-state index is -6.68. The van der Waals surface area contributed by atoms with Crippen molar-refractivity contribution >= 4 is 53.4 Å². The van der Waals surface area contributed by atoms with Gasteiger partial charge in [0.25, 0.3) is 20.1 Å². The second-order valence-corrected chi connectivity index (χ2v) is 11.7. The fraction of sp³-hybridized carbons (Fsp3) is 0.143. The van der Waals surface area contributed by atoms with E-state index >= 15 is 0 Å². The van der Waals surface area contributed by atoms with Crippen LogP contribution in [0.2, 0.25) is 10.0 Å². The monoisotopic (exact) mass is 561 g/mol. The first-order valence-corrected chi connectivity index (χ1v) is 12.7. The van der Waals surface area contributed by atoms with Gasteiger partial charge in [-0.15, -0.1) is 0 Å². The van der Waals surface area contributed by atoms with Gasteiger partial charge >= 0.3 is 21.4 Å². The molecule has 2 aromatic rings. The van der Waals surface area contributed by atoms with Crippen molar-refractivity contribution < 1.29 is 52.1 Å². The third kappa shape index (κ3) is 5.62. The summed E-state index contributed by atoms with van der Waals surface area (Å²) in [4.78, 5) is -1.92. The normalized spacial score (nSPS) is 13.7. The lowest BCUT2D eigenvalue weighted by Gasteiger charge is -2.26. The minimum Gasteiger partial charge on any atom is -0.427 e. The molecule has 32 heavy (non-hydrogen) atoms. The minimum absolute atomic E-state index is 0.316. The van der Waals surface area contributed by atoms with Gasteiger partial charge in [0, 0.05) is 10.0 Å². The molecule has 0 atom stereocenters. The van der Waals surface area contributed by atoms with Crippen LogP contribution >= 0.6 is 23.2 Å². The van der Waals surface area contributed by atoms with Gasteiger partial charge in [-0.05, 0) is 42.5 Å². The summed E-state index contributed by atoms with van der Waals surface area (Å²) >= 11 is 11.0. The lowest BCUT2D eigenvalue weighted by Crippen LogP contribution is -2.55. The number of sulfonamides is 2. The molecule has 0 spiro atoms. The Hall–Kier alpha value is -1.69. The zero-order valence-electron chi connectivity index (χ0n) is 14.8. The summed E-state index contributed by atoms with van der Waals surface area (Å²) in [5.41, 5.74) is 0. The molecule has 178 valence electrons. The number of ether oxygens (including phenoxy) is 1. The Kier molecular flexibility index (Phi) is 7.13. The summed E-state index contributed by atoms with van der Waals surface area (Å²) in [6.07, 6.45) is -5.81. The van der Waals surface area contributed by atoms with Crippen LogP contribution < -0.4 is 8.86 Å². The van der Waals surface area contributed by atoms with E-state index in [-0.39, 0.29) is 10.0 Å². The second-order valence-electron chi connectivity index (χ2n) is 5.78. The highest BCUT2D eigenvalue weighted by atomic mass is 35.5. The van der Waals surface area contributed by atoms with Gasteiger partial charge in [-0.3, -0.25) is 4.55 Å². The smallest absolute Gasteiger partial charge is 0.427 e. The van der Waals surface area contributed by atoms with Crippen LogP contribution in [-0.2, 0) is 30.2 Å². The van der Waals surface area contributed by atoms with Crippen LogP contribution in [-0.4, -0.2) is 41.2 Å². The van der Waals surface area contributed by atoms with Crippen molar-refractivity contribution in [3.8, 4) is 5.75 Å². The summed E-state index contributed by atoms with van der Waals surface area (Å²) in [7, 11) is -16.9. The Labute approximate surface area is 188 Å². The van der Waals surface area contributed by atoms with Crippen molar-refractivity contribution in [1.82, 2.24) is 4.13 Å². The van der Waals surface area contributed by atoms with Crippen LogP contribution in [0.3, 0.4) is 0 Å². The molecule has 0 amide bonds. The second kappa shape index (κ2) is 8.58. The summed E-state index contributed by atoms with van der Waals surface area (Å²) in [6, 6.07) is 4.09. The molecule has 0 aliphatic heterocycles. The Morgan fingerprint density at radius 3 is 1.69 bits per heavy atom. The molecule has 0 fully saturated rings. The van der Waals surface area contributed by atoms with Crippen molar-refractivity contribution in [1.29, 1.82) is 0 Å². The number of hydrogen-bond donors (Lipinski definition) is 2. The molecule has 0 heterocycles. The van der Waals surface area contributed by atoms with Gasteiger partial charge in [0.05, 0.1) is 9.79 Å². The topological polar surface area (TPSA) is 144 Å². The van der Waals surface area contributed by atoms with E-state index in [1.54, 1.807) is 0 Å². The first-order chi connectivity index (χ1) is 14.3. The van der Waals surface area contributed by atoms with E-state index in [2.05, 4.69) is 4.74 Å². The molecule has 0 unspecified atom stereocenters. The van der Waals surface area contributed by atoms with E-state index in [4.69, 9.17) is 27.8 Å². The van der Waals surface area contributed by atoms with E-state index in [1.165, 1.54) is 0 Å². The van der Waals surface area contributed by atoms with Crippen LogP contribution in [0.25, 0.3) is 0 Å². The van der Waals surface area contributed by atoms with Gasteiger partial charge in [-0.25, -0.2) is 16.8 Å². The van der Waals surface area contributed by atoms with E-state index in [9.17, 15) is 42.8 Å². The largest absolute Gasteiger partial charge is 0.482 e. The lowest BCUT2D eigenvalue weighted by molar-refractivity contribution is -0.272. The molecular formula is C14H9Cl2F4NO8S3. The lowest BCUT2D eigenvalue weighted by atomic mass is 10.3. The maximum atomic E-state index is 14.2. The third-order valence-electron chi connectivity index (χ3n) is 3.41. The summed E-state index contributed by atoms with van der Waals surface area (Å²) < 4.78 is 139. The molecule has 0 aromatic heterocycles. The average Bonchev–Trinajstić information content (AvgIpc) is 2.58. The maximum Gasteiger partial charge on any atom is 0.482 e. The fourth-order valence-electron chi connectivity index (χ4n) is 1.99. The SMILES string of the molecule is O=S(=O)(O)c1ccc(S(=O)(=O)NS(=O)(=O)C(F)(F)C(F)(F)Oc2cc(Cl)cc(Cl)c2)cc1. The van der Waals surface area contributed by atoms with Crippen LogP contribution in [0, 0.1) is 0 Å². The van der Waals surface area contributed by atoms with Crippen molar-refractivity contribution in [3.05, 3.63) is 52.5 Å². The molecule has 2 rings (SSSR count).